The van der Waals surface area contributed by atoms with Crippen molar-refractivity contribution in [1.82, 2.24) is 14.9 Å². The van der Waals surface area contributed by atoms with E-state index in [0.717, 1.165) is 16.5 Å². The van der Waals surface area contributed by atoms with Gasteiger partial charge in [-0.2, -0.15) is 0 Å². The van der Waals surface area contributed by atoms with Gasteiger partial charge in [0.2, 0.25) is 11.8 Å². The quantitative estimate of drug-likeness (QED) is 0.673. The lowest BCUT2D eigenvalue weighted by atomic mass is 10.1. The molecule has 26 heavy (non-hydrogen) atoms. The van der Waals surface area contributed by atoms with Gasteiger partial charge in [0, 0.05) is 66.8 Å². The Morgan fingerprint density at radius 1 is 1.15 bits per heavy atom. The van der Waals surface area contributed by atoms with Crippen LogP contribution >= 0.6 is 0 Å². The van der Waals surface area contributed by atoms with Crippen LogP contribution in [0, 0.1) is 0 Å². The number of nitrogens with zero attached hydrogens (tertiary/aromatic N) is 2. The van der Waals surface area contributed by atoms with Gasteiger partial charge in [-0.25, -0.2) is 0 Å². The number of para-hydroxylation sites is 1. The lowest BCUT2D eigenvalue weighted by molar-refractivity contribution is -0.117. The summed E-state index contributed by atoms with van der Waals surface area (Å²) in [6.07, 6.45) is 8.68. The molecule has 0 aliphatic carbocycles. The number of hydrogen-bond donors (Lipinski definition) is 2. The molecule has 2 amide bonds. The number of carbonyl (C=O) groups excluding carboxylic acids is 2. The van der Waals surface area contributed by atoms with E-state index >= 15 is 0 Å². The Labute approximate surface area is 151 Å². The Kier molecular flexibility index (Phi) is 5.43. The van der Waals surface area contributed by atoms with Gasteiger partial charge in [0.15, 0.2) is 0 Å². The summed E-state index contributed by atoms with van der Waals surface area (Å²) in [5.74, 6) is -0.385. The normalized spacial score (nSPS) is 11.0. The molecule has 2 N–H and O–H groups in total. The second-order valence-electron chi connectivity index (χ2n) is 5.87. The van der Waals surface area contributed by atoms with Crippen LogP contribution in [0.25, 0.3) is 17.0 Å². The molecule has 3 rings (SSSR count). The van der Waals surface area contributed by atoms with Crippen molar-refractivity contribution >= 4 is 34.5 Å². The van der Waals surface area contributed by atoms with Crippen LogP contribution in [0.5, 0.6) is 0 Å². The highest BCUT2D eigenvalue weighted by Gasteiger charge is 2.05. The van der Waals surface area contributed by atoms with Crippen LogP contribution in [0.4, 0.5) is 5.69 Å². The lowest BCUT2D eigenvalue weighted by Gasteiger charge is -2.05. The molecule has 1 aromatic carbocycles. The number of benzene rings is 1. The zero-order valence-electron chi connectivity index (χ0n) is 14.5. The van der Waals surface area contributed by atoms with Gasteiger partial charge in [0.25, 0.3) is 0 Å². The smallest absolute Gasteiger partial charge is 0.244 e. The summed E-state index contributed by atoms with van der Waals surface area (Å²) in [6.45, 7) is 0.273. The predicted octanol–water partition coefficient (Wildman–Crippen LogP) is 2.73. The molecule has 2 heterocycles. The topological polar surface area (TPSA) is 76.0 Å². The molecule has 6 nitrogen and oxygen atoms in total. The first-order valence-electron chi connectivity index (χ1n) is 8.33. The summed E-state index contributed by atoms with van der Waals surface area (Å²) in [6, 6.07) is 11.4. The highest BCUT2D eigenvalue weighted by atomic mass is 16.2. The number of aromatic nitrogens is 2. The van der Waals surface area contributed by atoms with Crippen LogP contribution in [-0.2, 0) is 16.6 Å². The van der Waals surface area contributed by atoms with Gasteiger partial charge in [-0.05, 0) is 24.3 Å². The largest absolute Gasteiger partial charge is 0.352 e. The van der Waals surface area contributed by atoms with Crippen LogP contribution < -0.4 is 10.6 Å². The zero-order chi connectivity index (χ0) is 18.4. The van der Waals surface area contributed by atoms with Gasteiger partial charge in [0.05, 0.1) is 0 Å². The number of amides is 2. The van der Waals surface area contributed by atoms with Crippen molar-refractivity contribution in [3.05, 3.63) is 66.6 Å². The monoisotopic (exact) mass is 348 g/mol. The number of pyridine rings is 1. The fourth-order valence-corrected chi connectivity index (χ4v) is 2.69. The van der Waals surface area contributed by atoms with E-state index in [1.54, 1.807) is 30.6 Å². The van der Waals surface area contributed by atoms with Gasteiger partial charge in [0.1, 0.15) is 0 Å². The summed E-state index contributed by atoms with van der Waals surface area (Å²) >= 11 is 0. The van der Waals surface area contributed by atoms with Crippen molar-refractivity contribution in [2.75, 3.05) is 11.9 Å². The van der Waals surface area contributed by atoms with Crippen LogP contribution in [0.2, 0.25) is 0 Å². The Balaban J connectivity index is 1.49. The number of hydrogen-bond acceptors (Lipinski definition) is 3. The third-order valence-electron chi connectivity index (χ3n) is 3.96. The maximum Gasteiger partial charge on any atom is 0.244 e. The molecule has 0 atom stereocenters. The van der Waals surface area contributed by atoms with E-state index in [1.165, 1.54) is 6.08 Å². The fraction of sp³-hybridized carbons (Fsp3) is 0.150. The van der Waals surface area contributed by atoms with Crippen molar-refractivity contribution in [1.29, 1.82) is 0 Å². The van der Waals surface area contributed by atoms with E-state index in [4.69, 9.17) is 0 Å². The predicted molar refractivity (Wildman–Crippen MR) is 102 cm³/mol. The summed E-state index contributed by atoms with van der Waals surface area (Å²) in [5, 5.41) is 6.56. The molecule has 0 bridgehead atoms. The molecule has 0 aliphatic rings. The number of fused-ring (bicyclic) bond motifs is 1. The van der Waals surface area contributed by atoms with E-state index in [-0.39, 0.29) is 24.8 Å². The summed E-state index contributed by atoms with van der Waals surface area (Å²) in [7, 11) is 1.97. The summed E-state index contributed by atoms with van der Waals surface area (Å²) in [5.41, 5.74) is 2.78. The number of anilines is 1. The second kappa shape index (κ2) is 8.11. The minimum absolute atomic E-state index is 0.158. The van der Waals surface area contributed by atoms with Crippen molar-refractivity contribution in [2.45, 2.75) is 6.42 Å². The average molecular weight is 348 g/mol. The fourth-order valence-electron chi connectivity index (χ4n) is 2.69. The van der Waals surface area contributed by atoms with E-state index in [2.05, 4.69) is 15.6 Å². The number of nitrogens with one attached hydrogen (secondary N) is 2. The number of rotatable bonds is 6. The first-order valence-corrected chi connectivity index (χ1v) is 8.33. The highest BCUT2D eigenvalue weighted by Crippen LogP contribution is 2.21. The molecule has 0 unspecified atom stereocenters. The molecule has 0 saturated carbocycles. The Morgan fingerprint density at radius 3 is 2.73 bits per heavy atom. The van der Waals surface area contributed by atoms with E-state index in [9.17, 15) is 9.59 Å². The molecule has 0 radical (unpaired) electrons. The third kappa shape index (κ3) is 4.36. The molecular formula is C20H20N4O2. The Bertz CT molecular complexity index is 945. The first kappa shape index (κ1) is 17.4. The van der Waals surface area contributed by atoms with Crippen LogP contribution in [0.15, 0.2) is 61.1 Å². The van der Waals surface area contributed by atoms with Gasteiger partial charge in [-0.3, -0.25) is 14.6 Å². The molecule has 0 aliphatic heterocycles. The first-order chi connectivity index (χ1) is 12.6. The van der Waals surface area contributed by atoms with Gasteiger partial charge in [-0.1, -0.05) is 18.2 Å². The van der Waals surface area contributed by atoms with Crippen LogP contribution in [0.1, 0.15) is 12.0 Å². The molecular weight excluding hydrogens is 328 g/mol. The number of carbonyl (C=O) groups is 2. The van der Waals surface area contributed by atoms with E-state index in [0.29, 0.717) is 5.69 Å². The molecule has 0 spiro atoms. The van der Waals surface area contributed by atoms with Gasteiger partial charge >= 0.3 is 0 Å². The highest BCUT2D eigenvalue weighted by molar-refractivity contribution is 5.97. The molecule has 0 fully saturated rings. The summed E-state index contributed by atoms with van der Waals surface area (Å²) < 4.78 is 2.02. The van der Waals surface area contributed by atoms with Crippen molar-refractivity contribution in [2.24, 2.45) is 7.05 Å². The Morgan fingerprint density at radius 2 is 1.92 bits per heavy atom. The minimum Gasteiger partial charge on any atom is -0.352 e. The molecule has 6 heteroatoms. The van der Waals surface area contributed by atoms with Crippen LogP contribution in [-0.4, -0.2) is 27.9 Å². The van der Waals surface area contributed by atoms with Crippen molar-refractivity contribution in [3.63, 3.8) is 0 Å². The second-order valence-corrected chi connectivity index (χ2v) is 5.87. The van der Waals surface area contributed by atoms with Crippen LogP contribution in [0.3, 0.4) is 0 Å². The third-order valence-corrected chi connectivity index (χ3v) is 3.96. The maximum absolute atomic E-state index is 12.0. The summed E-state index contributed by atoms with van der Waals surface area (Å²) in [4.78, 5) is 27.7. The van der Waals surface area contributed by atoms with Crippen molar-refractivity contribution < 1.29 is 9.59 Å². The zero-order valence-corrected chi connectivity index (χ0v) is 14.5. The lowest BCUT2D eigenvalue weighted by Crippen LogP contribution is -2.26. The Hall–Kier alpha value is -3.41. The number of aryl methyl sites for hydroxylation is 1. The van der Waals surface area contributed by atoms with Crippen molar-refractivity contribution in [3.8, 4) is 0 Å². The average Bonchev–Trinajstić information content (AvgIpc) is 2.97. The standard InChI is InChI=1S/C20H20N4O2/c1-24-14-15(17-4-2-3-5-18(17)24)6-7-19(25)22-13-10-20(26)23-16-8-11-21-12-9-16/h2-9,11-12,14H,10,13H2,1H3,(H,22,25)(H,21,23,26)/b7-6+. The van der Waals surface area contributed by atoms with Gasteiger partial charge < -0.3 is 15.2 Å². The molecule has 132 valence electrons. The SMILES string of the molecule is Cn1cc(/C=C/C(=O)NCCC(=O)Nc2ccncc2)c2ccccc21. The minimum atomic E-state index is -0.227. The van der Waals surface area contributed by atoms with E-state index in [1.807, 2.05) is 42.1 Å². The molecule has 0 saturated heterocycles. The maximum atomic E-state index is 12.0. The molecule has 2 aromatic heterocycles. The van der Waals surface area contributed by atoms with Gasteiger partial charge in [-0.15, -0.1) is 0 Å². The molecule has 3 aromatic rings. The van der Waals surface area contributed by atoms with E-state index < -0.39 is 0 Å².